The molecule has 0 unspecified atom stereocenters. The highest BCUT2D eigenvalue weighted by atomic mass is 16.2. The maximum Gasteiger partial charge on any atom is 0.250 e. The number of rotatable bonds is 4. The molecule has 1 aromatic heterocycles. The van der Waals surface area contributed by atoms with E-state index in [1.165, 1.54) is 20.4 Å². The first-order chi connectivity index (χ1) is 9.47. The van der Waals surface area contributed by atoms with E-state index >= 15 is 0 Å². The Morgan fingerprint density at radius 3 is 2.60 bits per heavy atom. The molecule has 0 aromatic carbocycles. The van der Waals surface area contributed by atoms with Gasteiger partial charge >= 0.3 is 0 Å². The highest BCUT2D eigenvalue weighted by Crippen LogP contribution is 2.04. The lowest BCUT2D eigenvalue weighted by Crippen LogP contribution is -2.52. The second-order valence-electron chi connectivity index (χ2n) is 4.91. The molecule has 2 heterocycles. The molecule has 20 heavy (non-hydrogen) atoms. The fourth-order valence-electron chi connectivity index (χ4n) is 2.12. The number of nitrogens with two attached hydrogens (primary N) is 1. The van der Waals surface area contributed by atoms with Crippen LogP contribution in [0.5, 0.6) is 0 Å². The molecule has 0 radical (unpaired) electrons. The Hall–Kier alpha value is -2.31. The molecule has 108 valence electrons. The molecule has 1 aliphatic rings. The van der Waals surface area contributed by atoms with Crippen molar-refractivity contribution in [2.24, 2.45) is 0 Å². The van der Waals surface area contributed by atoms with Crippen molar-refractivity contribution in [2.45, 2.75) is 13.0 Å². The summed E-state index contributed by atoms with van der Waals surface area (Å²) in [4.78, 5) is 37.8. The van der Waals surface area contributed by atoms with Crippen LogP contribution < -0.4 is 11.3 Å². The lowest BCUT2D eigenvalue weighted by Gasteiger charge is -2.31. The van der Waals surface area contributed by atoms with Crippen LogP contribution in [-0.4, -0.2) is 52.9 Å². The number of nitrogen functional groups attached to an aromatic ring is 1. The first-order valence-electron chi connectivity index (χ1n) is 6.45. The van der Waals surface area contributed by atoms with Crippen LogP contribution in [0.4, 0.5) is 5.69 Å². The number of carbonyl (C=O) groups is 2. The van der Waals surface area contributed by atoms with E-state index in [0.29, 0.717) is 25.2 Å². The number of aromatic nitrogens is 1. The molecule has 1 saturated heterocycles. The fraction of sp³-hybridized carbons (Fsp3) is 0.462. The van der Waals surface area contributed by atoms with Crippen LogP contribution in [0.15, 0.2) is 23.1 Å². The van der Waals surface area contributed by atoms with E-state index in [0.717, 1.165) is 0 Å². The number of hydrogen-bond acceptors (Lipinski definition) is 4. The lowest BCUT2D eigenvalue weighted by atomic mass is 10.2. The van der Waals surface area contributed by atoms with Crippen LogP contribution in [0.25, 0.3) is 0 Å². The molecular formula is C13H18N4O3. The third-order valence-corrected chi connectivity index (χ3v) is 3.31. The number of amides is 2. The summed E-state index contributed by atoms with van der Waals surface area (Å²) >= 11 is 0. The molecule has 0 atom stereocenters. The Bertz CT molecular complexity index is 581. The Labute approximate surface area is 116 Å². The summed E-state index contributed by atoms with van der Waals surface area (Å²) in [5.74, 6) is -0.127. The highest BCUT2D eigenvalue weighted by Gasteiger charge is 2.26. The van der Waals surface area contributed by atoms with Gasteiger partial charge in [0.15, 0.2) is 0 Å². The number of piperazine rings is 1. The zero-order chi connectivity index (χ0) is 14.7. The average molecular weight is 278 g/mol. The fourth-order valence-corrected chi connectivity index (χ4v) is 2.12. The third-order valence-electron chi connectivity index (χ3n) is 3.31. The van der Waals surface area contributed by atoms with E-state index in [4.69, 9.17) is 5.73 Å². The molecule has 2 N–H and O–H groups in total. The quantitative estimate of drug-likeness (QED) is 0.774. The normalized spacial score (nSPS) is 15.8. The van der Waals surface area contributed by atoms with E-state index in [1.807, 2.05) is 0 Å². The van der Waals surface area contributed by atoms with Gasteiger partial charge in [-0.25, -0.2) is 0 Å². The zero-order valence-electron chi connectivity index (χ0n) is 11.4. The van der Waals surface area contributed by atoms with Crippen molar-refractivity contribution in [3.8, 4) is 0 Å². The standard InChI is InChI=1S/C13H18N4O3/c1-15-8-13(20)17(9-12(15)19)6-2-5-16-7-10(14)3-4-11(16)18/h3-4,7H,2,5-6,8-9,14H2,1H3. The number of pyridine rings is 1. The number of hydrogen-bond donors (Lipinski definition) is 1. The summed E-state index contributed by atoms with van der Waals surface area (Å²) < 4.78 is 1.51. The van der Waals surface area contributed by atoms with Gasteiger partial charge in [-0.05, 0) is 12.5 Å². The number of nitrogens with zero attached hydrogens (tertiary/aromatic N) is 3. The summed E-state index contributed by atoms with van der Waals surface area (Å²) in [5.41, 5.74) is 6.02. The smallest absolute Gasteiger partial charge is 0.250 e. The van der Waals surface area contributed by atoms with Gasteiger partial charge < -0.3 is 20.1 Å². The number of likely N-dealkylation sites (N-methyl/N-ethyl adjacent to an activating group) is 1. The highest BCUT2D eigenvalue weighted by molar-refractivity contribution is 5.92. The Morgan fingerprint density at radius 1 is 1.10 bits per heavy atom. The van der Waals surface area contributed by atoms with Gasteiger partial charge in [0.25, 0.3) is 5.56 Å². The molecular weight excluding hydrogens is 260 g/mol. The van der Waals surface area contributed by atoms with Gasteiger partial charge in [0.1, 0.15) is 0 Å². The summed E-state index contributed by atoms with van der Waals surface area (Å²) in [6.45, 7) is 1.16. The third kappa shape index (κ3) is 3.17. The molecule has 2 rings (SSSR count). The molecule has 0 bridgehead atoms. The molecule has 0 spiro atoms. The predicted octanol–water partition coefficient (Wildman–Crippen LogP) is -0.879. The number of anilines is 1. The first kappa shape index (κ1) is 14.1. The van der Waals surface area contributed by atoms with E-state index < -0.39 is 0 Å². The Kier molecular flexibility index (Phi) is 4.07. The molecule has 7 nitrogen and oxygen atoms in total. The monoisotopic (exact) mass is 278 g/mol. The van der Waals surface area contributed by atoms with E-state index in [2.05, 4.69) is 0 Å². The lowest BCUT2D eigenvalue weighted by molar-refractivity contribution is -0.148. The number of aryl methyl sites for hydroxylation is 1. The largest absolute Gasteiger partial charge is 0.398 e. The van der Waals surface area contributed by atoms with Crippen molar-refractivity contribution in [1.29, 1.82) is 0 Å². The predicted molar refractivity (Wildman–Crippen MR) is 73.9 cm³/mol. The van der Waals surface area contributed by atoms with E-state index in [-0.39, 0.29) is 30.5 Å². The Balaban J connectivity index is 1.90. The van der Waals surface area contributed by atoms with E-state index in [9.17, 15) is 14.4 Å². The molecule has 0 aliphatic carbocycles. The van der Waals surface area contributed by atoms with Crippen molar-refractivity contribution in [2.75, 3.05) is 32.4 Å². The maximum atomic E-state index is 11.8. The van der Waals surface area contributed by atoms with Crippen LogP contribution in [0.3, 0.4) is 0 Å². The summed E-state index contributed by atoms with van der Waals surface area (Å²) in [5, 5.41) is 0. The topological polar surface area (TPSA) is 88.6 Å². The van der Waals surface area contributed by atoms with Crippen LogP contribution in [0.2, 0.25) is 0 Å². The van der Waals surface area contributed by atoms with Crippen LogP contribution in [-0.2, 0) is 16.1 Å². The van der Waals surface area contributed by atoms with Crippen molar-refractivity contribution < 1.29 is 9.59 Å². The first-order valence-corrected chi connectivity index (χ1v) is 6.45. The minimum Gasteiger partial charge on any atom is -0.398 e. The maximum absolute atomic E-state index is 11.8. The minimum atomic E-state index is -0.125. The molecule has 1 fully saturated rings. The molecule has 7 heteroatoms. The van der Waals surface area contributed by atoms with Crippen LogP contribution >= 0.6 is 0 Å². The molecule has 2 amide bonds. The van der Waals surface area contributed by atoms with Gasteiger partial charge in [0.2, 0.25) is 11.8 Å². The average Bonchev–Trinajstić information content (AvgIpc) is 2.39. The summed E-state index contributed by atoms with van der Waals surface area (Å²) in [6, 6.07) is 2.97. The molecule has 1 aromatic rings. The van der Waals surface area contributed by atoms with Crippen LogP contribution in [0.1, 0.15) is 6.42 Å². The SMILES string of the molecule is CN1CC(=O)N(CCCn2cc(N)ccc2=O)CC1=O. The van der Waals surface area contributed by atoms with Crippen molar-refractivity contribution in [3.05, 3.63) is 28.7 Å². The van der Waals surface area contributed by atoms with Gasteiger partial charge in [-0.15, -0.1) is 0 Å². The molecule has 1 aliphatic heterocycles. The van der Waals surface area contributed by atoms with Gasteiger partial charge in [-0.3, -0.25) is 14.4 Å². The van der Waals surface area contributed by atoms with Gasteiger partial charge in [0.05, 0.1) is 13.1 Å². The van der Waals surface area contributed by atoms with Crippen LogP contribution in [0, 0.1) is 0 Å². The zero-order valence-corrected chi connectivity index (χ0v) is 11.4. The van der Waals surface area contributed by atoms with Crippen molar-refractivity contribution in [1.82, 2.24) is 14.4 Å². The van der Waals surface area contributed by atoms with Gasteiger partial charge in [-0.1, -0.05) is 0 Å². The number of carbonyl (C=O) groups excluding carboxylic acids is 2. The minimum absolute atomic E-state index is 0.0629. The molecule has 0 saturated carbocycles. The van der Waals surface area contributed by atoms with Gasteiger partial charge in [-0.2, -0.15) is 0 Å². The second-order valence-corrected chi connectivity index (χ2v) is 4.91. The van der Waals surface area contributed by atoms with E-state index in [1.54, 1.807) is 19.3 Å². The van der Waals surface area contributed by atoms with Crippen molar-refractivity contribution in [3.63, 3.8) is 0 Å². The Morgan fingerprint density at radius 2 is 1.85 bits per heavy atom. The van der Waals surface area contributed by atoms with Crippen molar-refractivity contribution >= 4 is 17.5 Å². The summed E-state index contributed by atoms with van der Waals surface area (Å²) in [7, 11) is 1.61. The van der Waals surface area contributed by atoms with Gasteiger partial charge in [0, 0.05) is 38.1 Å². The summed E-state index contributed by atoms with van der Waals surface area (Å²) in [6.07, 6.45) is 2.19. The second kappa shape index (κ2) is 5.77.